The van der Waals surface area contributed by atoms with E-state index >= 15 is 0 Å². The van der Waals surface area contributed by atoms with Crippen LogP contribution in [0.25, 0.3) is 0 Å². The fraction of sp³-hybridized carbons (Fsp3) is 0.630. The molecule has 8 nitrogen and oxygen atoms in total. The number of likely N-dealkylation sites (tertiary alicyclic amines) is 1. The Morgan fingerprint density at radius 1 is 1.00 bits per heavy atom. The van der Waals surface area contributed by atoms with Gasteiger partial charge in [0.2, 0.25) is 0 Å². The second-order valence-corrected chi connectivity index (χ2v) is 10.8. The van der Waals surface area contributed by atoms with Crippen molar-refractivity contribution >= 4 is 17.2 Å². The lowest BCUT2D eigenvalue weighted by Crippen LogP contribution is -2.58. The van der Waals surface area contributed by atoms with Gasteiger partial charge in [-0.2, -0.15) is 0 Å². The van der Waals surface area contributed by atoms with E-state index in [1.54, 1.807) is 0 Å². The van der Waals surface area contributed by atoms with Crippen molar-refractivity contribution in [1.29, 1.82) is 0 Å². The van der Waals surface area contributed by atoms with Crippen molar-refractivity contribution in [1.82, 2.24) is 20.2 Å². The number of rotatable bonds is 4. The van der Waals surface area contributed by atoms with Gasteiger partial charge in [-0.1, -0.05) is 0 Å². The molecule has 7 rings (SSSR count). The van der Waals surface area contributed by atoms with Crippen LogP contribution in [0.15, 0.2) is 18.3 Å². The summed E-state index contributed by atoms with van der Waals surface area (Å²) in [5.41, 5.74) is 5.76. The van der Waals surface area contributed by atoms with Crippen molar-refractivity contribution < 1.29 is 9.47 Å². The third kappa shape index (κ3) is 4.05. The monoisotopic (exact) mass is 476 g/mol. The quantitative estimate of drug-likeness (QED) is 0.694. The van der Waals surface area contributed by atoms with Gasteiger partial charge < -0.3 is 25.0 Å². The minimum absolute atomic E-state index is 0.102. The molecule has 35 heavy (non-hydrogen) atoms. The van der Waals surface area contributed by atoms with E-state index in [0.29, 0.717) is 11.8 Å². The van der Waals surface area contributed by atoms with Gasteiger partial charge in [0.15, 0.2) is 5.75 Å². The molecule has 2 N–H and O–H groups in total. The smallest absolute Gasteiger partial charge is 0.165 e. The van der Waals surface area contributed by atoms with E-state index in [0.717, 1.165) is 73.9 Å². The molecule has 6 heterocycles. The molecule has 0 aromatic carbocycles. The summed E-state index contributed by atoms with van der Waals surface area (Å²) < 4.78 is 12.3. The molecule has 5 aliphatic rings. The van der Waals surface area contributed by atoms with Crippen LogP contribution in [-0.2, 0) is 4.74 Å². The summed E-state index contributed by atoms with van der Waals surface area (Å²) in [5.74, 6) is 2.88. The highest BCUT2D eigenvalue weighted by atomic mass is 16.5. The van der Waals surface area contributed by atoms with Gasteiger partial charge >= 0.3 is 0 Å². The number of nitrogens with one attached hydrogen (secondary N) is 2. The Labute approximate surface area is 207 Å². The molecule has 4 aliphatic heterocycles. The van der Waals surface area contributed by atoms with E-state index in [9.17, 15) is 0 Å². The largest absolute Gasteiger partial charge is 0.482 e. The lowest BCUT2D eigenvalue weighted by Gasteiger charge is -2.42. The summed E-state index contributed by atoms with van der Waals surface area (Å²) in [7, 11) is 0. The number of hydrogen-bond donors (Lipinski definition) is 2. The Kier molecular flexibility index (Phi) is 5.56. The van der Waals surface area contributed by atoms with Crippen LogP contribution >= 0.6 is 0 Å². The Balaban J connectivity index is 1.21. The summed E-state index contributed by atoms with van der Waals surface area (Å²) in [6, 6.07) is 5.12. The van der Waals surface area contributed by atoms with Gasteiger partial charge in [-0.25, -0.2) is 4.98 Å². The van der Waals surface area contributed by atoms with Crippen LogP contribution in [0.3, 0.4) is 0 Å². The highest BCUT2D eigenvalue weighted by Crippen LogP contribution is 2.51. The third-order valence-electron chi connectivity index (χ3n) is 8.48. The number of aromatic nitrogens is 2. The zero-order valence-electron chi connectivity index (χ0n) is 20.6. The summed E-state index contributed by atoms with van der Waals surface area (Å²) in [6.45, 7) is 10.1. The molecular weight excluding hydrogens is 440 g/mol. The molecule has 0 radical (unpaired) electrons. The Hall–Kier alpha value is -2.42. The first kappa shape index (κ1) is 21.8. The molecule has 0 amide bonds. The van der Waals surface area contributed by atoms with E-state index in [2.05, 4.69) is 39.5 Å². The highest BCUT2D eigenvalue weighted by molar-refractivity contribution is 5.75. The molecule has 1 atom stereocenters. The maximum absolute atomic E-state index is 6.72. The lowest BCUT2D eigenvalue weighted by molar-refractivity contribution is 0.112. The fourth-order valence-electron chi connectivity index (χ4n) is 6.13. The van der Waals surface area contributed by atoms with Gasteiger partial charge in [-0.15, -0.1) is 0 Å². The van der Waals surface area contributed by atoms with Crippen LogP contribution in [0.4, 0.5) is 17.2 Å². The average molecular weight is 477 g/mol. The van der Waals surface area contributed by atoms with Crippen molar-refractivity contribution in [2.75, 3.05) is 62.7 Å². The van der Waals surface area contributed by atoms with E-state index in [-0.39, 0.29) is 6.10 Å². The highest BCUT2D eigenvalue weighted by Gasteiger charge is 2.36. The zero-order chi connectivity index (χ0) is 23.4. The van der Waals surface area contributed by atoms with E-state index < -0.39 is 0 Å². The first-order valence-electron chi connectivity index (χ1n) is 13.5. The van der Waals surface area contributed by atoms with Crippen molar-refractivity contribution in [3.8, 4) is 5.75 Å². The summed E-state index contributed by atoms with van der Waals surface area (Å²) in [4.78, 5) is 15.1. The molecular formula is C27H36N6O2. The van der Waals surface area contributed by atoms with Crippen molar-refractivity contribution in [3.05, 3.63) is 35.3 Å². The number of pyridine rings is 2. The number of piperidine rings is 1. The number of nitrogens with zero attached hydrogens (tertiary/aromatic N) is 4. The van der Waals surface area contributed by atoms with Crippen LogP contribution in [0, 0.1) is 0 Å². The Bertz CT molecular complexity index is 1090. The van der Waals surface area contributed by atoms with Crippen LogP contribution in [0.2, 0.25) is 0 Å². The average Bonchev–Trinajstić information content (AvgIpc) is 3.71. The number of hydrogen-bond acceptors (Lipinski definition) is 8. The van der Waals surface area contributed by atoms with Gasteiger partial charge in [0, 0.05) is 61.6 Å². The third-order valence-corrected chi connectivity index (χ3v) is 8.48. The van der Waals surface area contributed by atoms with Crippen LogP contribution in [-0.4, -0.2) is 73.4 Å². The number of ether oxygens (including phenoxy) is 2. The normalized spacial score (nSPS) is 25.6. The topological polar surface area (TPSA) is 74.8 Å². The number of morpholine rings is 1. The first-order valence-corrected chi connectivity index (χ1v) is 13.5. The summed E-state index contributed by atoms with van der Waals surface area (Å²) >= 11 is 0. The van der Waals surface area contributed by atoms with Crippen LogP contribution in [0.1, 0.15) is 67.5 Å². The minimum atomic E-state index is -0.102. The first-order chi connectivity index (χ1) is 17.2. The lowest BCUT2D eigenvalue weighted by atomic mass is 9.91. The maximum atomic E-state index is 6.72. The van der Waals surface area contributed by atoms with Crippen molar-refractivity contribution in [2.24, 2.45) is 0 Å². The van der Waals surface area contributed by atoms with Gasteiger partial charge in [0.25, 0.3) is 0 Å². The van der Waals surface area contributed by atoms with Gasteiger partial charge in [0.1, 0.15) is 11.9 Å². The van der Waals surface area contributed by atoms with Crippen molar-refractivity contribution in [2.45, 2.75) is 56.6 Å². The van der Waals surface area contributed by atoms with Crippen LogP contribution < -0.4 is 20.3 Å². The minimum Gasteiger partial charge on any atom is -0.482 e. The predicted molar refractivity (Wildman–Crippen MR) is 136 cm³/mol. The van der Waals surface area contributed by atoms with Gasteiger partial charge in [-0.3, -0.25) is 9.88 Å². The second-order valence-electron chi connectivity index (χ2n) is 10.8. The molecule has 1 unspecified atom stereocenters. The molecule has 2 aromatic rings. The Morgan fingerprint density at radius 2 is 1.80 bits per heavy atom. The molecule has 2 aromatic heterocycles. The second kappa shape index (κ2) is 8.91. The Morgan fingerprint density at radius 3 is 2.51 bits per heavy atom. The molecule has 4 fully saturated rings. The number of anilines is 3. The standard InChI is InChI=1S/C27H36N6O2/c1-17-24-23(33-10-12-34-13-11-33)4-7-29-27(24)31-22-14-21(30-25(19-2-3-19)26(22)35-17)18-5-8-32(9-6-18)20-15-28-16-20/h4,7,14,17-20,28H,2-3,5-6,8-13,15-16H2,1H3,(H,29,31). The van der Waals surface area contributed by atoms with Gasteiger partial charge in [0.05, 0.1) is 30.2 Å². The molecule has 1 saturated carbocycles. The summed E-state index contributed by atoms with van der Waals surface area (Å²) in [5, 5.41) is 7.12. The van der Waals surface area contributed by atoms with E-state index in [1.807, 2.05) is 6.20 Å². The van der Waals surface area contributed by atoms with Gasteiger partial charge in [-0.05, 0) is 57.8 Å². The molecule has 0 spiro atoms. The van der Waals surface area contributed by atoms with Crippen LogP contribution in [0.5, 0.6) is 5.75 Å². The maximum Gasteiger partial charge on any atom is 0.165 e. The zero-order valence-corrected chi connectivity index (χ0v) is 20.6. The van der Waals surface area contributed by atoms with Crippen molar-refractivity contribution in [3.63, 3.8) is 0 Å². The van der Waals surface area contributed by atoms with E-state index in [4.69, 9.17) is 19.4 Å². The predicted octanol–water partition coefficient (Wildman–Crippen LogP) is 3.54. The SMILES string of the molecule is CC1Oc2c(cc(C3CCN(C4CNC4)CC3)nc2C2CC2)Nc2nccc(N3CCOCC3)c21. The summed E-state index contributed by atoms with van der Waals surface area (Å²) in [6.07, 6.45) is 6.59. The number of fused-ring (bicyclic) bond motifs is 2. The molecule has 0 bridgehead atoms. The fourth-order valence-corrected chi connectivity index (χ4v) is 6.13. The molecule has 186 valence electrons. The van der Waals surface area contributed by atoms with E-state index in [1.165, 1.54) is 50.2 Å². The molecule has 8 heteroatoms. The molecule has 3 saturated heterocycles. The molecule has 1 aliphatic carbocycles.